The Morgan fingerprint density at radius 1 is 1.33 bits per heavy atom. The summed E-state index contributed by atoms with van der Waals surface area (Å²) in [6.07, 6.45) is 3.17. The lowest BCUT2D eigenvalue weighted by Crippen LogP contribution is -2.12. The zero-order chi connectivity index (χ0) is 14.0. The summed E-state index contributed by atoms with van der Waals surface area (Å²) >= 11 is 0. The molecule has 0 amide bonds. The Kier molecular flexibility index (Phi) is 8.22. The SMILES string of the molecule is C=CCOCCOC(=O)C(=C)CC=C(C)C(=O)O. The van der Waals surface area contributed by atoms with Gasteiger partial charge in [0.25, 0.3) is 0 Å². The van der Waals surface area contributed by atoms with Crippen LogP contribution < -0.4 is 0 Å². The minimum Gasteiger partial charge on any atom is -0.478 e. The van der Waals surface area contributed by atoms with Crippen LogP contribution in [-0.4, -0.2) is 36.9 Å². The zero-order valence-electron chi connectivity index (χ0n) is 10.5. The maximum absolute atomic E-state index is 11.4. The van der Waals surface area contributed by atoms with Crippen LogP contribution in [0.4, 0.5) is 0 Å². The fraction of sp³-hybridized carbons (Fsp3) is 0.385. The summed E-state index contributed by atoms with van der Waals surface area (Å²) in [5.74, 6) is -1.57. The quantitative estimate of drug-likeness (QED) is 0.293. The predicted octanol–water partition coefficient (Wildman–Crippen LogP) is 1.71. The molecule has 0 rings (SSSR count). The van der Waals surface area contributed by atoms with E-state index in [-0.39, 0.29) is 30.8 Å². The van der Waals surface area contributed by atoms with Crippen LogP contribution in [0.25, 0.3) is 0 Å². The molecule has 0 aliphatic heterocycles. The number of aliphatic carboxylic acids is 1. The first-order valence-electron chi connectivity index (χ1n) is 5.42. The van der Waals surface area contributed by atoms with Crippen molar-refractivity contribution in [3.8, 4) is 0 Å². The number of hydrogen-bond donors (Lipinski definition) is 1. The molecular weight excluding hydrogens is 236 g/mol. The zero-order valence-corrected chi connectivity index (χ0v) is 10.5. The van der Waals surface area contributed by atoms with E-state index >= 15 is 0 Å². The summed E-state index contributed by atoms with van der Waals surface area (Å²) in [4.78, 5) is 21.9. The second-order valence-corrected chi connectivity index (χ2v) is 3.50. The van der Waals surface area contributed by atoms with E-state index in [1.807, 2.05) is 0 Å². The van der Waals surface area contributed by atoms with E-state index in [0.29, 0.717) is 6.61 Å². The molecule has 0 aromatic rings. The molecule has 0 atom stereocenters. The van der Waals surface area contributed by atoms with Crippen LogP contribution in [0.1, 0.15) is 13.3 Å². The van der Waals surface area contributed by atoms with Gasteiger partial charge in [-0.15, -0.1) is 6.58 Å². The number of carboxylic acid groups (broad SMARTS) is 1. The topological polar surface area (TPSA) is 72.8 Å². The van der Waals surface area contributed by atoms with E-state index in [1.54, 1.807) is 6.08 Å². The van der Waals surface area contributed by atoms with Crippen molar-refractivity contribution in [2.75, 3.05) is 19.8 Å². The Bertz CT molecular complexity index is 354. The molecular formula is C13H18O5. The molecule has 0 unspecified atom stereocenters. The highest BCUT2D eigenvalue weighted by Gasteiger charge is 2.08. The van der Waals surface area contributed by atoms with Gasteiger partial charge in [0.2, 0.25) is 0 Å². The van der Waals surface area contributed by atoms with Crippen molar-refractivity contribution in [3.05, 3.63) is 36.5 Å². The van der Waals surface area contributed by atoms with Crippen molar-refractivity contribution < 1.29 is 24.2 Å². The normalized spacial score (nSPS) is 10.8. The lowest BCUT2D eigenvalue weighted by Gasteiger charge is -2.05. The van der Waals surface area contributed by atoms with Gasteiger partial charge in [-0.2, -0.15) is 0 Å². The minimum atomic E-state index is -1.02. The third-order valence-corrected chi connectivity index (χ3v) is 1.98. The molecule has 0 aromatic carbocycles. The molecule has 100 valence electrons. The molecule has 18 heavy (non-hydrogen) atoms. The van der Waals surface area contributed by atoms with Gasteiger partial charge >= 0.3 is 11.9 Å². The number of rotatable bonds is 9. The van der Waals surface area contributed by atoms with Gasteiger partial charge in [0.15, 0.2) is 0 Å². The summed E-state index contributed by atoms with van der Waals surface area (Å²) in [6, 6.07) is 0. The van der Waals surface area contributed by atoms with Gasteiger partial charge in [0.1, 0.15) is 6.61 Å². The van der Waals surface area contributed by atoms with Gasteiger partial charge in [0, 0.05) is 11.1 Å². The second kappa shape index (κ2) is 9.18. The van der Waals surface area contributed by atoms with Gasteiger partial charge < -0.3 is 14.6 Å². The number of carboxylic acids is 1. The van der Waals surface area contributed by atoms with Gasteiger partial charge in [-0.25, -0.2) is 9.59 Å². The third-order valence-electron chi connectivity index (χ3n) is 1.98. The van der Waals surface area contributed by atoms with Gasteiger partial charge in [-0.05, 0) is 13.3 Å². The first-order chi connectivity index (χ1) is 8.49. The standard InChI is InChI=1S/C13H18O5/c1-4-7-17-8-9-18-13(16)11(3)6-5-10(2)12(14)15/h4-5H,1,3,6-9H2,2H3,(H,14,15). The Balaban J connectivity index is 3.90. The fourth-order valence-electron chi connectivity index (χ4n) is 0.909. The number of allylic oxidation sites excluding steroid dienone is 1. The van der Waals surface area contributed by atoms with Crippen molar-refractivity contribution in [2.45, 2.75) is 13.3 Å². The number of ether oxygens (including phenoxy) is 2. The fourth-order valence-corrected chi connectivity index (χ4v) is 0.909. The van der Waals surface area contributed by atoms with Crippen LogP contribution in [-0.2, 0) is 19.1 Å². The first kappa shape index (κ1) is 16.1. The van der Waals surface area contributed by atoms with Crippen LogP contribution in [0, 0.1) is 0 Å². The van der Waals surface area contributed by atoms with Crippen molar-refractivity contribution >= 4 is 11.9 Å². The maximum Gasteiger partial charge on any atom is 0.333 e. The monoisotopic (exact) mass is 254 g/mol. The smallest absolute Gasteiger partial charge is 0.333 e. The molecule has 0 fully saturated rings. The van der Waals surface area contributed by atoms with Gasteiger partial charge in [-0.1, -0.05) is 18.7 Å². The summed E-state index contributed by atoms with van der Waals surface area (Å²) in [5, 5.41) is 8.62. The lowest BCUT2D eigenvalue weighted by molar-refractivity contribution is -0.140. The average molecular weight is 254 g/mol. The van der Waals surface area contributed by atoms with Crippen molar-refractivity contribution in [3.63, 3.8) is 0 Å². The van der Waals surface area contributed by atoms with Crippen LogP contribution in [0.2, 0.25) is 0 Å². The van der Waals surface area contributed by atoms with E-state index in [0.717, 1.165) is 0 Å². The Morgan fingerprint density at radius 2 is 2.00 bits per heavy atom. The number of esters is 1. The van der Waals surface area contributed by atoms with Crippen LogP contribution in [0.3, 0.4) is 0 Å². The van der Waals surface area contributed by atoms with Crippen molar-refractivity contribution in [1.29, 1.82) is 0 Å². The molecule has 5 heteroatoms. The molecule has 0 saturated carbocycles. The van der Waals surface area contributed by atoms with E-state index in [1.165, 1.54) is 13.0 Å². The summed E-state index contributed by atoms with van der Waals surface area (Å²) in [5.41, 5.74) is 0.373. The summed E-state index contributed by atoms with van der Waals surface area (Å²) in [7, 11) is 0. The maximum atomic E-state index is 11.4. The molecule has 0 saturated heterocycles. The molecule has 0 spiro atoms. The van der Waals surface area contributed by atoms with Gasteiger partial charge in [0.05, 0.1) is 13.2 Å². The van der Waals surface area contributed by atoms with Crippen molar-refractivity contribution in [1.82, 2.24) is 0 Å². The minimum absolute atomic E-state index is 0.132. The van der Waals surface area contributed by atoms with E-state index in [9.17, 15) is 9.59 Å². The molecule has 5 nitrogen and oxygen atoms in total. The molecule has 0 aliphatic carbocycles. The lowest BCUT2D eigenvalue weighted by atomic mass is 10.1. The third kappa shape index (κ3) is 7.40. The second-order valence-electron chi connectivity index (χ2n) is 3.50. The van der Waals surface area contributed by atoms with Crippen molar-refractivity contribution in [2.24, 2.45) is 0 Å². The Morgan fingerprint density at radius 3 is 2.56 bits per heavy atom. The first-order valence-corrected chi connectivity index (χ1v) is 5.42. The number of carbonyl (C=O) groups is 2. The van der Waals surface area contributed by atoms with Crippen LogP contribution in [0.15, 0.2) is 36.5 Å². The summed E-state index contributed by atoms with van der Waals surface area (Å²) < 4.78 is 9.90. The molecule has 0 radical (unpaired) electrons. The highest BCUT2D eigenvalue weighted by atomic mass is 16.6. The van der Waals surface area contributed by atoms with Gasteiger partial charge in [-0.3, -0.25) is 0 Å². The molecule has 0 bridgehead atoms. The highest BCUT2D eigenvalue weighted by molar-refractivity contribution is 5.89. The largest absolute Gasteiger partial charge is 0.478 e. The summed E-state index contributed by atoms with van der Waals surface area (Å²) in [6.45, 7) is 9.28. The van der Waals surface area contributed by atoms with E-state index in [2.05, 4.69) is 13.2 Å². The molecule has 0 aliphatic rings. The van der Waals surface area contributed by atoms with Crippen LogP contribution in [0.5, 0.6) is 0 Å². The predicted molar refractivity (Wildman–Crippen MR) is 67.1 cm³/mol. The molecule has 0 heterocycles. The number of carbonyl (C=O) groups excluding carboxylic acids is 1. The van der Waals surface area contributed by atoms with Crippen LogP contribution >= 0.6 is 0 Å². The number of hydrogen-bond acceptors (Lipinski definition) is 4. The molecule has 1 N–H and O–H groups in total. The van der Waals surface area contributed by atoms with E-state index in [4.69, 9.17) is 14.6 Å². The van der Waals surface area contributed by atoms with E-state index < -0.39 is 11.9 Å². The Labute approximate surface area is 106 Å². The Hall–Kier alpha value is -1.88. The average Bonchev–Trinajstić information content (AvgIpc) is 2.34. The highest BCUT2D eigenvalue weighted by Crippen LogP contribution is 2.05. The molecule has 0 aromatic heterocycles.